The number of rotatable bonds is 3. The number of likely N-dealkylation sites (tertiary alicyclic amines) is 1. The van der Waals surface area contributed by atoms with E-state index in [4.69, 9.17) is 0 Å². The second-order valence-electron chi connectivity index (χ2n) is 4.87. The number of nitrogens with one attached hydrogen (secondary N) is 1. The molecule has 1 saturated carbocycles. The molecule has 6 heteroatoms. The van der Waals surface area contributed by atoms with E-state index in [9.17, 15) is 18.0 Å². The number of amides is 1. The van der Waals surface area contributed by atoms with Crippen molar-refractivity contribution in [2.24, 2.45) is 0 Å². The van der Waals surface area contributed by atoms with Gasteiger partial charge >= 0.3 is 6.18 Å². The van der Waals surface area contributed by atoms with Crippen LogP contribution in [0.5, 0.6) is 0 Å². The number of alkyl halides is 3. The monoisotopic (exact) mass is 250 g/mol. The van der Waals surface area contributed by atoms with Crippen LogP contribution in [0.4, 0.5) is 13.2 Å². The van der Waals surface area contributed by atoms with Crippen LogP contribution in [0.3, 0.4) is 0 Å². The van der Waals surface area contributed by atoms with E-state index < -0.39 is 11.7 Å². The first kappa shape index (κ1) is 12.7. The molecule has 17 heavy (non-hydrogen) atoms. The lowest BCUT2D eigenvalue weighted by Gasteiger charge is -2.28. The second kappa shape index (κ2) is 4.48. The van der Waals surface area contributed by atoms with Crippen molar-refractivity contribution in [1.29, 1.82) is 0 Å². The molecule has 0 radical (unpaired) electrons. The van der Waals surface area contributed by atoms with E-state index in [1.807, 2.05) is 0 Å². The summed E-state index contributed by atoms with van der Waals surface area (Å²) in [5, 5.41) is 2.39. The van der Waals surface area contributed by atoms with Gasteiger partial charge in [-0.15, -0.1) is 0 Å². The summed E-state index contributed by atoms with van der Waals surface area (Å²) in [5.41, 5.74) is -1.78. The zero-order valence-electron chi connectivity index (χ0n) is 9.65. The van der Waals surface area contributed by atoms with Crippen molar-refractivity contribution in [3.05, 3.63) is 0 Å². The largest absolute Gasteiger partial charge is 0.406 e. The molecule has 1 N–H and O–H groups in total. The number of halogens is 3. The van der Waals surface area contributed by atoms with Gasteiger partial charge in [0.2, 0.25) is 5.91 Å². The molecule has 3 nitrogen and oxygen atoms in total. The van der Waals surface area contributed by atoms with E-state index in [0.29, 0.717) is 13.1 Å². The lowest BCUT2D eigenvalue weighted by molar-refractivity contribution is -0.166. The predicted octanol–water partition coefficient (Wildman–Crippen LogP) is 1.68. The highest BCUT2D eigenvalue weighted by Crippen LogP contribution is 2.48. The Bertz CT molecular complexity index is 294. The molecule has 0 aromatic heterocycles. The Balaban J connectivity index is 1.80. The highest BCUT2D eigenvalue weighted by atomic mass is 19.4. The molecule has 1 aliphatic heterocycles. The van der Waals surface area contributed by atoms with Gasteiger partial charge in [-0.25, -0.2) is 0 Å². The summed E-state index contributed by atoms with van der Waals surface area (Å²) in [6, 6.07) is 0. The molecule has 1 heterocycles. The zero-order valence-corrected chi connectivity index (χ0v) is 9.65. The molecule has 0 aromatic carbocycles. The summed E-state index contributed by atoms with van der Waals surface area (Å²) in [6.07, 6.45) is -1.06. The first-order valence-corrected chi connectivity index (χ1v) is 6.04. The van der Waals surface area contributed by atoms with Gasteiger partial charge in [-0.05, 0) is 32.1 Å². The number of hydrogen-bond acceptors (Lipinski definition) is 2. The zero-order chi connectivity index (χ0) is 12.5. The second-order valence-corrected chi connectivity index (χ2v) is 4.87. The van der Waals surface area contributed by atoms with Crippen molar-refractivity contribution >= 4 is 5.91 Å². The molecular weight excluding hydrogens is 233 g/mol. The van der Waals surface area contributed by atoms with Gasteiger partial charge < -0.3 is 4.90 Å². The van der Waals surface area contributed by atoms with Crippen LogP contribution in [0, 0.1) is 0 Å². The maximum atomic E-state index is 12.6. The quantitative estimate of drug-likeness (QED) is 0.826. The number of hydrogen-bond donors (Lipinski definition) is 1. The van der Waals surface area contributed by atoms with Crippen molar-refractivity contribution in [2.75, 3.05) is 19.6 Å². The van der Waals surface area contributed by atoms with Crippen LogP contribution in [0.15, 0.2) is 0 Å². The van der Waals surface area contributed by atoms with E-state index in [-0.39, 0.29) is 25.3 Å². The van der Waals surface area contributed by atoms with Gasteiger partial charge in [-0.3, -0.25) is 10.1 Å². The number of piperidine rings is 1. The van der Waals surface area contributed by atoms with Gasteiger partial charge in [0, 0.05) is 13.1 Å². The van der Waals surface area contributed by atoms with Crippen LogP contribution in [0.25, 0.3) is 0 Å². The van der Waals surface area contributed by atoms with Gasteiger partial charge in [-0.1, -0.05) is 0 Å². The molecule has 0 aromatic rings. The molecular formula is C11H17F3N2O. The van der Waals surface area contributed by atoms with Crippen molar-refractivity contribution in [1.82, 2.24) is 10.2 Å². The first-order chi connectivity index (χ1) is 7.95. The first-order valence-electron chi connectivity index (χ1n) is 6.04. The molecule has 1 aliphatic carbocycles. The molecule has 0 spiro atoms. The van der Waals surface area contributed by atoms with Crippen LogP contribution in [-0.2, 0) is 4.79 Å². The fraction of sp³-hybridized carbons (Fsp3) is 0.909. The Kier molecular flexibility index (Phi) is 3.34. The van der Waals surface area contributed by atoms with Crippen LogP contribution >= 0.6 is 0 Å². The average molecular weight is 250 g/mol. The van der Waals surface area contributed by atoms with Crippen molar-refractivity contribution in [3.63, 3.8) is 0 Å². The van der Waals surface area contributed by atoms with Crippen molar-refractivity contribution in [2.45, 2.75) is 43.8 Å². The van der Waals surface area contributed by atoms with Gasteiger partial charge in [0.25, 0.3) is 0 Å². The standard InChI is InChI=1S/C11H17F3N2O/c12-11(13,14)10(4-5-10)15-8-9(17)16-6-2-1-3-7-16/h15H,1-8H2. The SMILES string of the molecule is O=C(CNC1(C(F)(F)F)CC1)N1CCCCC1. The maximum absolute atomic E-state index is 12.6. The Morgan fingerprint density at radius 1 is 1.18 bits per heavy atom. The summed E-state index contributed by atoms with van der Waals surface area (Å²) in [7, 11) is 0. The van der Waals surface area contributed by atoms with E-state index in [1.165, 1.54) is 0 Å². The van der Waals surface area contributed by atoms with Crippen LogP contribution in [0.2, 0.25) is 0 Å². The Hall–Kier alpha value is -0.780. The topological polar surface area (TPSA) is 32.3 Å². The molecule has 2 rings (SSSR count). The molecule has 0 bridgehead atoms. The number of carbonyl (C=O) groups is 1. The van der Waals surface area contributed by atoms with E-state index in [0.717, 1.165) is 19.3 Å². The third-order valence-corrected chi connectivity index (χ3v) is 3.58. The summed E-state index contributed by atoms with van der Waals surface area (Å²) in [6.45, 7) is 1.17. The minimum absolute atomic E-state index is 0.0871. The Labute approximate surface area is 98.3 Å². The Morgan fingerprint density at radius 3 is 2.24 bits per heavy atom. The van der Waals surface area contributed by atoms with Crippen molar-refractivity contribution < 1.29 is 18.0 Å². The van der Waals surface area contributed by atoms with E-state index >= 15 is 0 Å². The van der Waals surface area contributed by atoms with Crippen LogP contribution < -0.4 is 5.32 Å². The fourth-order valence-corrected chi connectivity index (χ4v) is 2.19. The third kappa shape index (κ3) is 2.73. The Morgan fingerprint density at radius 2 is 1.76 bits per heavy atom. The maximum Gasteiger partial charge on any atom is 0.406 e. The van der Waals surface area contributed by atoms with Gasteiger partial charge in [0.15, 0.2) is 0 Å². The summed E-state index contributed by atoms with van der Waals surface area (Å²) in [5.74, 6) is -0.208. The lowest BCUT2D eigenvalue weighted by atomic mass is 10.1. The summed E-state index contributed by atoms with van der Waals surface area (Å²) >= 11 is 0. The van der Waals surface area contributed by atoms with Crippen LogP contribution in [-0.4, -0.2) is 42.2 Å². The highest BCUT2D eigenvalue weighted by Gasteiger charge is 2.63. The smallest absolute Gasteiger partial charge is 0.342 e. The normalized spacial score (nSPS) is 23.6. The van der Waals surface area contributed by atoms with E-state index in [1.54, 1.807) is 4.90 Å². The van der Waals surface area contributed by atoms with Gasteiger partial charge in [-0.2, -0.15) is 13.2 Å². The summed E-state index contributed by atoms with van der Waals surface area (Å²) in [4.78, 5) is 13.4. The highest BCUT2D eigenvalue weighted by molar-refractivity contribution is 5.78. The predicted molar refractivity (Wildman–Crippen MR) is 56.5 cm³/mol. The number of carbonyl (C=O) groups excluding carboxylic acids is 1. The third-order valence-electron chi connectivity index (χ3n) is 3.58. The average Bonchev–Trinajstić information content (AvgIpc) is 3.07. The van der Waals surface area contributed by atoms with Crippen molar-refractivity contribution in [3.8, 4) is 0 Å². The molecule has 2 aliphatic rings. The molecule has 98 valence electrons. The molecule has 0 atom stereocenters. The van der Waals surface area contributed by atoms with E-state index in [2.05, 4.69) is 5.32 Å². The summed E-state index contributed by atoms with van der Waals surface area (Å²) < 4.78 is 37.8. The molecule has 1 amide bonds. The van der Waals surface area contributed by atoms with Crippen LogP contribution in [0.1, 0.15) is 32.1 Å². The minimum atomic E-state index is -4.24. The molecule has 1 saturated heterocycles. The van der Waals surface area contributed by atoms with Gasteiger partial charge in [0.1, 0.15) is 5.54 Å². The lowest BCUT2D eigenvalue weighted by Crippen LogP contribution is -2.50. The fourth-order valence-electron chi connectivity index (χ4n) is 2.19. The van der Waals surface area contributed by atoms with Gasteiger partial charge in [0.05, 0.1) is 6.54 Å². The molecule has 0 unspecified atom stereocenters. The number of nitrogens with zero attached hydrogens (tertiary/aromatic N) is 1. The minimum Gasteiger partial charge on any atom is -0.342 e. The molecule has 2 fully saturated rings.